The number of hydrogen-bond donors (Lipinski definition) is 0. The zero-order valence-corrected chi connectivity index (χ0v) is 18.4. The van der Waals surface area contributed by atoms with Crippen LogP contribution in [0.15, 0.2) is 54.6 Å². The van der Waals surface area contributed by atoms with Gasteiger partial charge in [-0.25, -0.2) is 0 Å². The van der Waals surface area contributed by atoms with Crippen LogP contribution in [0, 0.1) is 0 Å². The van der Waals surface area contributed by atoms with Crippen molar-refractivity contribution in [1.29, 1.82) is 0 Å². The van der Waals surface area contributed by atoms with E-state index in [0.29, 0.717) is 19.2 Å². The van der Waals surface area contributed by atoms with E-state index in [0.717, 1.165) is 38.0 Å². The minimum Gasteiger partial charge on any atom is -0.383 e. The number of aryl methyl sites for hydroxylation is 1. The molecule has 0 bridgehead atoms. The number of ether oxygens (including phenoxy) is 1. The Bertz CT molecular complexity index is 713. The minimum atomic E-state index is 0.0814. The molecule has 0 saturated heterocycles. The quantitative estimate of drug-likeness (QED) is 0.524. The molecular weight excluding hydrogens is 360 g/mol. The summed E-state index contributed by atoms with van der Waals surface area (Å²) in [7, 11) is 1.68. The summed E-state index contributed by atoms with van der Waals surface area (Å²) in [5.41, 5.74) is 3.29. The molecule has 2 aromatic carbocycles. The summed E-state index contributed by atoms with van der Waals surface area (Å²) in [4.78, 5) is 17.4. The summed E-state index contributed by atoms with van der Waals surface area (Å²) in [6, 6.07) is 19.0. The van der Waals surface area contributed by atoms with Crippen molar-refractivity contribution < 1.29 is 9.53 Å². The number of methoxy groups -OCH3 is 1. The lowest BCUT2D eigenvalue weighted by molar-refractivity contribution is 0.0693. The van der Waals surface area contributed by atoms with E-state index < -0.39 is 0 Å². The van der Waals surface area contributed by atoms with Crippen LogP contribution in [-0.4, -0.2) is 55.1 Å². The van der Waals surface area contributed by atoms with Crippen molar-refractivity contribution in [2.24, 2.45) is 0 Å². The van der Waals surface area contributed by atoms with Crippen molar-refractivity contribution in [3.63, 3.8) is 0 Å². The lowest BCUT2D eigenvalue weighted by atomic mass is 10.1. The molecular formula is C25H36N2O2. The molecule has 0 spiro atoms. The Kier molecular flexibility index (Phi) is 9.89. The first-order chi connectivity index (χ1) is 14.0. The second kappa shape index (κ2) is 12.4. The van der Waals surface area contributed by atoms with Crippen molar-refractivity contribution in [3.05, 3.63) is 71.3 Å². The highest BCUT2D eigenvalue weighted by Crippen LogP contribution is 2.13. The van der Waals surface area contributed by atoms with E-state index in [2.05, 4.69) is 62.1 Å². The number of amides is 1. The Morgan fingerprint density at radius 1 is 0.966 bits per heavy atom. The fraction of sp³-hybridized carbons (Fsp3) is 0.480. The van der Waals surface area contributed by atoms with E-state index >= 15 is 0 Å². The van der Waals surface area contributed by atoms with Gasteiger partial charge in [0.25, 0.3) is 5.91 Å². The van der Waals surface area contributed by atoms with E-state index in [9.17, 15) is 4.79 Å². The third-order valence-electron chi connectivity index (χ3n) is 5.31. The predicted molar refractivity (Wildman–Crippen MR) is 120 cm³/mol. The van der Waals surface area contributed by atoms with Gasteiger partial charge in [-0.2, -0.15) is 0 Å². The van der Waals surface area contributed by atoms with E-state index in [-0.39, 0.29) is 5.91 Å². The smallest absolute Gasteiger partial charge is 0.253 e. The molecule has 0 saturated carbocycles. The van der Waals surface area contributed by atoms with E-state index in [1.807, 2.05) is 23.1 Å². The summed E-state index contributed by atoms with van der Waals surface area (Å²) in [5.74, 6) is 0.0814. The largest absolute Gasteiger partial charge is 0.383 e. The van der Waals surface area contributed by atoms with Crippen LogP contribution in [0.25, 0.3) is 0 Å². The fourth-order valence-corrected chi connectivity index (χ4v) is 3.46. The molecule has 0 N–H and O–H groups in total. The first kappa shape index (κ1) is 23.1. The van der Waals surface area contributed by atoms with Crippen molar-refractivity contribution in [2.45, 2.75) is 46.2 Å². The molecule has 0 radical (unpaired) electrons. The number of hydrogen-bond acceptors (Lipinski definition) is 3. The van der Waals surface area contributed by atoms with Crippen LogP contribution in [0.4, 0.5) is 0 Å². The second-order valence-electron chi connectivity index (χ2n) is 7.73. The fourth-order valence-electron chi connectivity index (χ4n) is 3.46. The Labute approximate surface area is 176 Å². The highest BCUT2D eigenvalue weighted by Gasteiger charge is 2.16. The summed E-state index contributed by atoms with van der Waals surface area (Å²) in [6.07, 6.45) is 1.91. The molecule has 2 aromatic rings. The maximum atomic E-state index is 13.1. The number of rotatable bonds is 12. The summed E-state index contributed by atoms with van der Waals surface area (Å²) < 4.78 is 5.22. The van der Waals surface area contributed by atoms with Gasteiger partial charge in [0, 0.05) is 38.3 Å². The molecule has 0 atom stereocenters. The highest BCUT2D eigenvalue weighted by atomic mass is 16.5. The first-order valence-electron chi connectivity index (χ1n) is 10.7. The molecule has 0 aromatic heterocycles. The third-order valence-corrected chi connectivity index (χ3v) is 5.31. The molecule has 0 aliphatic rings. The molecule has 0 fully saturated rings. The Balaban J connectivity index is 1.98. The zero-order chi connectivity index (χ0) is 21.1. The molecule has 0 heterocycles. The minimum absolute atomic E-state index is 0.0814. The summed E-state index contributed by atoms with van der Waals surface area (Å²) in [5, 5.41) is 0. The maximum absolute atomic E-state index is 13.1. The summed E-state index contributed by atoms with van der Waals surface area (Å²) >= 11 is 0. The van der Waals surface area contributed by atoms with Crippen LogP contribution in [0.5, 0.6) is 0 Å². The molecule has 4 nitrogen and oxygen atoms in total. The lowest BCUT2D eigenvalue weighted by Gasteiger charge is -2.25. The summed E-state index contributed by atoms with van der Waals surface area (Å²) in [6.45, 7) is 10.4. The van der Waals surface area contributed by atoms with Gasteiger partial charge in [-0.1, -0.05) is 49.4 Å². The predicted octanol–water partition coefficient (Wildman–Crippen LogP) is 4.64. The number of nitrogens with zero attached hydrogens (tertiary/aromatic N) is 2. The van der Waals surface area contributed by atoms with Crippen molar-refractivity contribution in [2.75, 3.05) is 33.4 Å². The van der Waals surface area contributed by atoms with Gasteiger partial charge in [-0.05, 0) is 56.5 Å². The SMILES string of the molecule is CCN(Cc1ccc(C(=O)N(CCCc2ccccc2)CCOC)cc1)C(C)C. The van der Waals surface area contributed by atoms with Crippen LogP contribution in [0.3, 0.4) is 0 Å². The highest BCUT2D eigenvalue weighted by molar-refractivity contribution is 5.94. The maximum Gasteiger partial charge on any atom is 0.253 e. The van der Waals surface area contributed by atoms with E-state index in [4.69, 9.17) is 4.74 Å². The zero-order valence-electron chi connectivity index (χ0n) is 18.4. The molecule has 1 amide bonds. The molecule has 0 aliphatic carbocycles. The Morgan fingerprint density at radius 2 is 1.66 bits per heavy atom. The van der Waals surface area contributed by atoms with E-state index in [1.165, 1.54) is 11.1 Å². The van der Waals surface area contributed by atoms with Gasteiger partial charge in [-0.15, -0.1) is 0 Å². The third kappa shape index (κ3) is 7.64. The van der Waals surface area contributed by atoms with Crippen molar-refractivity contribution in [3.8, 4) is 0 Å². The molecule has 158 valence electrons. The van der Waals surface area contributed by atoms with Crippen LogP contribution in [-0.2, 0) is 17.7 Å². The molecule has 0 aliphatic heterocycles. The topological polar surface area (TPSA) is 32.8 Å². The van der Waals surface area contributed by atoms with Crippen LogP contribution < -0.4 is 0 Å². The number of carbonyl (C=O) groups excluding carboxylic acids is 1. The van der Waals surface area contributed by atoms with Gasteiger partial charge >= 0.3 is 0 Å². The van der Waals surface area contributed by atoms with Gasteiger partial charge in [0.1, 0.15) is 0 Å². The standard InChI is InChI=1S/C25H36N2O2/c1-5-26(21(2)3)20-23-13-15-24(16-14-23)25(28)27(18-19-29-4)17-9-12-22-10-7-6-8-11-22/h6-8,10-11,13-16,21H,5,9,12,17-20H2,1-4H3. The average molecular weight is 397 g/mol. The molecule has 4 heteroatoms. The molecule has 2 rings (SSSR count). The average Bonchev–Trinajstić information content (AvgIpc) is 2.75. The molecule has 29 heavy (non-hydrogen) atoms. The van der Waals surface area contributed by atoms with Crippen LogP contribution >= 0.6 is 0 Å². The van der Waals surface area contributed by atoms with E-state index in [1.54, 1.807) is 7.11 Å². The van der Waals surface area contributed by atoms with Gasteiger partial charge in [0.05, 0.1) is 6.61 Å². The van der Waals surface area contributed by atoms with Gasteiger partial charge in [-0.3, -0.25) is 9.69 Å². The lowest BCUT2D eigenvalue weighted by Crippen LogP contribution is -2.35. The van der Waals surface area contributed by atoms with Crippen LogP contribution in [0.2, 0.25) is 0 Å². The Morgan fingerprint density at radius 3 is 2.24 bits per heavy atom. The monoisotopic (exact) mass is 396 g/mol. The molecule has 0 unspecified atom stereocenters. The normalized spacial score (nSPS) is 11.2. The van der Waals surface area contributed by atoms with Gasteiger partial charge < -0.3 is 9.64 Å². The van der Waals surface area contributed by atoms with Crippen molar-refractivity contribution >= 4 is 5.91 Å². The van der Waals surface area contributed by atoms with Crippen molar-refractivity contribution in [1.82, 2.24) is 9.80 Å². The van der Waals surface area contributed by atoms with Gasteiger partial charge in [0.15, 0.2) is 0 Å². The Hall–Kier alpha value is -2.17. The number of benzene rings is 2. The van der Waals surface area contributed by atoms with Crippen LogP contribution in [0.1, 0.15) is 48.7 Å². The number of carbonyl (C=O) groups is 1. The second-order valence-corrected chi connectivity index (χ2v) is 7.73. The first-order valence-corrected chi connectivity index (χ1v) is 10.7. The van der Waals surface area contributed by atoms with Gasteiger partial charge in [0.2, 0.25) is 0 Å².